The zero-order chi connectivity index (χ0) is 10.7. The summed E-state index contributed by atoms with van der Waals surface area (Å²) in [5, 5.41) is 3.69. The molecular weight excluding hydrogens is 192 g/mol. The van der Waals surface area contributed by atoms with E-state index in [4.69, 9.17) is 4.52 Å². The van der Waals surface area contributed by atoms with Crippen LogP contribution in [0.15, 0.2) is 16.9 Å². The summed E-state index contributed by atoms with van der Waals surface area (Å²) in [6.07, 6.45) is 5.89. The molecule has 0 radical (unpaired) electrons. The largest absolute Gasteiger partial charge is 0.364 e. The molecule has 1 aromatic rings. The molecule has 1 saturated heterocycles. The van der Waals surface area contributed by atoms with Crippen molar-refractivity contribution in [2.75, 3.05) is 6.54 Å². The summed E-state index contributed by atoms with van der Waals surface area (Å²) in [6.45, 7) is 2.98. The predicted molar refractivity (Wildman–Crippen MR) is 55.5 cm³/mol. The highest BCUT2D eigenvalue weighted by Crippen LogP contribution is 2.21. The Morgan fingerprint density at radius 1 is 1.67 bits per heavy atom. The average Bonchev–Trinajstić information content (AvgIpc) is 2.81. The maximum Gasteiger partial charge on any atom is 0.276 e. The summed E-state index contributed by atoms with van der Waals surface area (Å²) >= 11 is 0. The van der Waals surface area contributed by atoms with Gasteiger partial charge in [-0.15, -0.1) is 0 Å². The predicted octanol–water partition coefficient (Wildman–Crippen LogP) is 2.08. The molecule has 1 fully saturated rings. The van der Waals surface area contributed by atoms with E-state index in [2.05, 4.69) is 12.1 Å². The van der Waals surface area contributed by atoms with Crippen molar-refractivity contribution in [2.45, 2.75) is 38.6 Å². The van der Waals surface area contributed by atoms with E-state index in [0.717, 1.165) is 25.8 Å². The molecule has 0 saturated carbocycles. The molecule has 4 heteroatoms. The van der Waals surface area contributed by atoms with Crippen molar-refractivity contribution < 1.29 is 9.32 Å². The molecule has 2 heterocycles. The number of carbonyl (C=O) groups excluding carboxylic acids is 1. The van der Waals surface area contributed by atoms with Crippen molar-refractivity contribution >= 4 is 5.91 Å². The van der Waals surface area contributed by atoms with Gasteiger partial charge in [-0.3, -0.25) is 4.79 Å². The first-order valence-corrected chi connectivity index (χ1v) is 5.54. The minimum Gasteiger partial charge on any atom is -0.364 e. The lowest BCUT2D eigenvalue weighted by molar-refractivity contribution is 0.0597. The fraction of sp³-hybridized carbons (Fsp3) is 0.636. The molecule has 4 nitrogen and oxygen atoms in total. The molecular formula is C11H16N2O2. The summed E-state index contributed by atoms with van der Waals surface area (Å²) < 4.78 is 4.70. The number of nitrogens with zero attached hydrogens (tertiary/aromatic N) is 2. The zero-order valence-corrected chi connectivity index (χ0v) is 8.98. The Hall–Kier alpha value is -1.32. The zero-order valence-electron chi connectivity index (χ0n) is 8.98. The topological polar surface area (TPSA) is 46.3 Å². The van der Waals surface area contributed by atoms with Crippen LogP contribution in [0.4, 0.5) is 0 Å². The van der Waals surface area contributed by atoms with Crippen LogP contribution in [-0.4, -0.2) is 28.6 Å². The monoisotopic (exact) mass is 208 g/mol. The summed E-state index contributed by atoms with van der Waals surface area (Å²) in [4.78, 5) is 14.0. The van der Waals surface area contributed by atoms with Gasteiger partial charge in [-0.1, -0.05) is 12.1 Å². The first-order chi connectivity index (χ1) is 7.33. The highest BCUT2D eigenvalue weighted by Gasteiger charge is 2.27. The second kappa shape index (κ2) is 4.47. The van der Waals surface area contributed by atoms with E-state index in [0.29, 0.717) is 11.7 Å². The third-order valence-electron chi connectivity index (χ3n) is 3.02. The van der Waals surface area contributed by atoms with Crippen molar-refractivity contribution in [3.63, 3.8) is 0 Å². The number of hydrogen-bond donors (Lipinski definition) is 0. The van der Waals surface area contributed by atoms with Gasteiger partial charge in [0.1, 0.15) is 6.26 Å². The van der Waals surface area contributed by atoms with E-state index in [1.807, 2.05) is 4.90 Å². The van der Waals surface area contributed by atoms with Gasteiger partial charge in [-0.25, -0.2) is 0 Å². The molecule has 0 bridgehead atoms. The van der Waals surface area contributed by atoms with Crippen LogP contribution in [0, 0.1) is 0 Å². The summed E-state index contributed by atoms with van der Waals surface area (Å²) in [5.41, 5.74) is 0.426. The molecule has 1 aromatic heterocycles. The van der Waals surface area contributed by atoms with Crippen LogP contribution in [0.5, 0.6) is 0 Å². The van der Waals surface area contributed by atoms with Crippen LogP contribution in [-0.2, 0) is 0 Å². The van der Waals surface area contributed by atoms with Gasteiger partial charge in [0.15, 0.2) is 5.69 Å². The van der Waals surface area contributed by atoms with Crippen LogP contribution in [0.25, 0.3) is 0 Å². The van der Waals surface area contributed by atoms with E-state index < -0.39 is 0 Å². The molecule has 1 aliphatic heterocycles. The molecule has 0 aliphatic carbocycles. The Morgan fingerprint density at radius 2 is 2.53 bits per heavy atom. The highest BCUT2D eigenvalue weighted by atomic mass is 16.5. The summed E-state index contributed by atoms with van der Waals surface area (Å²) in [5.74, 6) is 0.00954. The van der Waals surface area contributed by atoms with Gasteiger partial charge in [0.2, 0.25) is 0 Å². The third-order valence-corrected chi connectivity index (χ3v) is 3.02. The number of amides is 1. The third kappa shape index (κ3) is 2.03. The second-order valence-corrected chi connectivity index (χ2v) is 3.94. The first kappa shape index (κ1) is 10.2. The normalized spacial score (nSPS) is 21.7. The van der Waals surface area contributed by atoms with Gasteiger partial charge in [0, 0.05) is 18.7 Å². The van der Waals surface area contributed by atoms with Gasteiger partial charge in [0.25, 0.3) is 5.91 Å². The lowest BCUT2D eigenvalue weighted by Gasteiger charge is -2.34. The number of aromatic nitrogens is 1. The van der Waals surface area contributed by atoms with Crippen molar-refractivity contribution in [1.29, 1.82) is 0 Å². The summed E-state index contributed by atoms with van der Waals surface area (Å²) in [7, 11) is 0. The lowest BCUT2D eigenvalue weighted by Crippen LogP contribution is -2.43. The number of rotatable bonds is 2. The van der Waals surface area contributed by atoms with Crippen molar-refractivity contribution in [3.8, 4) is 0 Å². The van der Waals surface area contributed by atoms with E-state index in [9.17, 15) is 4.79 Å². The van der Waals surface area contributed by atoms with Crippen molar-refractivity contribution in [1.82, 2.24) is 10.1 Å². The van der Waals surface area contributed by atoms with E-state index in [1.54, 1.807) is 6.07 Å². The molecule has 15 heavy (non-hydrogen) atoms. The van der Waals surface area contributed by atoms with Crippen LogP contribution in [0.1, 0.15) is 43.1 Å². The molecule has 1 unspecified atom stereocenters. The quantitative estimate of drug-likeness (QED) is 0.747. The molecule has 82 valence electrons. The van der Waals surface area contributed by atoms with Gasteiger partial charge < -0.3 is 9.42 Å². The number of piperidine rings is 1. The molecule has 1 aliphatic rings. The highest BCUT2D eigenvalue weighted by molar-refractivity contribution is 5.92. The molecule has 0 aromatic carbocycles. The Bertz CT molecular complexity index is 321. The van der Waals surface area contributed by atoms with Crippen LogP contribution in [0.3, 0.4) is 0 Å². The maximum atomic E-state index is 12.0. The molecule has 0 spiro atoms. The van der Waals surface area contributed by atoms with Crippen LogP contribution < -0.4 is 0 Å². The first-order valence-electron chi connectivity index (χ1n) is 5.54. The lowest BCUT2D eigenvalue weighted by atomic mass is 10.00. The maximum absolute atomic E-state index is 12.0. The van der Waals surface area contributed by atoms with Gasteiger partial charge in [0.05, 0.1) is 0 Å². The second-order valence-electron chi connectivity index (χ2n) is 3.94. The summed E-state index contributed by atoms with van der Waals surface area (Å²) in [6, 6.07) is 2.01. The molecule has 0 N–H and O–H groups in total. The average molecular weight is 208 g/mol. The molecule has 2 rings (SSSR count). The number of likely N-dealkylation sites (tertiary alicyclic amines) is 1. The minimum atomic E-state index is 0.00954. The van der Waals surface area contributed by atoms with E-state index in [-0.39, 0.29) is 5.91 Å². The number of hydrogen-bond acceptors (Lipinski definition) is 3. The minimum absolute atomic E-state index is 0.00954. The van der Waals surface area contributed by atoms with Gasteiger partial charge >= 0.3 is 0 Å². The van der Waals surface area contributed by atoms with E-state index in [1.165, 1.54) is 12.7 Å². The van der Waals surface area contributed by atoms with Crippen molar-refractivity contribution in [3.05, 3.63) is 18.0 Å². The fourth-order valence-corrected chi connectivity index (χ4v) is 2.16. The molecule has 1 atom stereocenters. The standard InChI is InChI=1S/C11H16N2O2/c1-2-9-5-3-4-7-13(9)11(14)10-6-8-15-12-10/h6,8-9H,2-5,7H2,1H3. The Morgan fingerprint density at radius 3 is 3.20 bits per heavy atom. The van der Waals surface area contributed by atoms with Crippen LogP contribution >= 0.6 is 0 Å². The SMILES string of the molecule is CCC1CCCCN1C(=O)c1ccon1. The van der Waals surface area contributed by atoms with E-state index >= 15 is 0 Å². The van der Waals surface area contributed by atoms with Gasteiger partial charge in [-0.05, 0) is 25.7 Å². The van der Waals surface area contributed by atoms with Crippen molar-refractivity contribution in [2.24, 2.45) is 0 Å². The number of carbonyl (C=O) groups is 1. The Kier molecular flexibility index (Phi) is 3.04. The fourth-order valence-electron chi connectivity index (χ4n) is 2.16. The van der Waals surface area contributed by atoms with Gasteiger partial charge in [-0.2, -0.15) is 0 Å². The van der Waals surface area contributed by atoms with Crippen LogP contribution in [0.2, 0.25) is 0 Å². The molecule has 1 amide bonds. The Labute approximate surface area is 89.2 Å². The Balaban J connectivity index is 2.11. The smallest absolute Gasteiger partial charge is 0.276 e.